The Morgan fingerprint density at radius 2 is 1.10 bits per heavy atom. The quantitative estimate of drug-likeness (QED) is 0.556. The highest BCUT2D eigenvalue weighted by Crippen LogP contribution is 2.03. The minimum absolute atomic E-state index is 0.273. The fraction of sp³-hybridized carbons (Fsp3) is 0.692. The van der Waals surface area contributed by atoms with Crippen LogP contribution >= 0.6 is 0 Å². The van der Waals surface area contributed by atoms with Gasteiger partial charge in [-0.1, -0.05) is 13.8 Å². The third-order valence-electron chi connectivity index (χ3n) is 2.39. The molecule has 0 fully saturated rings. The third kappa shape index (κ3) is 15.0. The number of carboxylic acid groups (broad SMARTS) is 2. The van der Waals surface area contributed by atoms with Crippen molar-refractivity contribution >= 4 is 40.1 Å². The van der Waals surface area contributed by atoms with Crippen molar-refractivity contribution in [3.63, 3.8) is 0 Å². The standard InChI is InChI=1S/2C6H10O3.CH3O.Al/c2*1-3-5(4(2)7)6(8)9;1-2;/h2*5H,3H2,1-2H3,(H,8,9);1H3;/q;;-1;+1. The Labute approximate surface area is 133 Å². The molecule has 0 aromatic carbocycles. The molecular weight excluding hydrogens is 295 g/mol. The van der Waals surface area contributed by atoms with Gasteiger partial charge < -0.3 is 14.0 Å². The van der Waals surface area contributed by atoms with Gasteiger partial charge in [-0.3, -0.25) is 19.2 Å². The Balaban J connectivity index is -0.000000260. The number of hydrogen-bond acceptors (Lipinski definition) is 5. The zero-order chi connectivity index (χ0) is 17.6. The van der Waals surface area contributed by atoms with E-state index in [1.807, 2.05) is 0 Å². The molecule has 2 radical (unpaired) electrons. The SMILES string of the molecule is CCC(C(C)=O)C(=O)O.CCC(C(C)=O)C(=O)O.C[O][Al]. The van der Waals surface area contributed by atoms with Gasteiger partial charge in [-0.15, -0.1) is 0 Å². The monoisotopic (exact) mass is 318 g/mol. The van der Waals surface area contributed by atoms with Crippen LogP contribution in [0.3, 0.4) is 0 Å². The highest BCUT2D eigenvalue weighted by Gasteiger charge is 2.19. The molecule has 0 aromatic heterocycles. The third-order valence-corrected chi connectivity index (χ3v) is 2.39. The number of ketones is 2. The Morgan fingerprint density at radius 1 is 0.905 bits per heavy atom. The zero-order valence-corrected chi connectivity index (χ0v) is 14.2. The van der Waals surface area contributed by atoms with E-state index >= 15 is 0 Å². The van der Waals surface area contributed by atoms with Crippen LogP contribution in [0.4, 0.5) is 0 Å². The van der Waals surface area contributed by atoms with Crippen molar-refractivity contribution in [1.82, 2.24) is 0 Å². The van der Waals surface area contributed by atoms with Gasteiger partial charge >= 0.3 is 28.6 Å². The van der Waals surface area contributed by atoms with Gasteiger partial charge in [-0.2, -0.15) is 0 Å². The molecule has 0 aliphatic carbocycles. The molecule has 0 aromatic rings. The van der Waals surface area contributed by atoms with Crippen LogP contribution < -0.4 is 0 Å². The van der Waals surface area contributed by atoms with E-state index in [-0.39, 0.29) is 11.6 Å². The molecule has 0 bridgehead atoms. The van der Waals surface area contributed by atoms with Crippen molar-refractivity contribution in [2.45, 2.75) is 40.5 Å². The summed E-state index contributed by atoms with van der Waals surface area (Å²) in [7, 11) is 1.59. The maximum absolute atomic E-state index is 10.4. The number of carbonyl (C=O) groups excluding carboxylic acids is 2. The summed E-state index contributed by atoms with van der Waals surface area (Å²) in [6, 6.07) is 0. The van der Waals surface area contributed by atoms with Crippen LogP contribution in [0.25, 0.3) is 0 Å². The number of aliphatic carboxylic acids is 2. The maximum atomic E-state index is 10.4. The lowest BCUT2D eigenvalue weighted by molar-refractivity contribution is -0.147. The average Bonchev–Trinajstić information content (AvgIpc) is 2.30. The Hall–Kier alpha value is -1.23. The molecule has 120 valence electrons. The van der Waals surface area contributed by atoms with Gasteiger partial charge in [0, 0.05) is 7.11 Å². The van der Waals surface area contributed by atoms with Gasteiger partial charge in [0.25, 0.3) is 0 Å². The lowest BCUT2D eigenvalue weighted by Crippen LogP contribution is -2.19. The number of hydrogen-bond donors (Lipinski definition) is 2. The molecule has 8 heteroatoms. The summed E-state index contributed by atoms with van der Waals surface area (Å²) in [5, 5.41) is 16.6. The highest BCUT2D eigenvalue weighted by molar-refractivity contribution is 5.97. The minimum Gasteiger partial charge on any atom is -0.518 e. The van der Waals surface area contributed by atoms with Crippen LogP contribution in [0, 0.1) is 11.8 Å². The molecule has 2 unspecified atom stereocenters. The topological polar surface area (TPSA) is 118 Å². The number of rotatable bonds is 6. The molecular formula is C13H23AlO7. The zero-order valence-electron chi connectivity index (χ0n) is 13.1. The fourth-order valence-corrected chi connectivity index (χ4v) is 1.27. The van der Waals surface area contributed by atoms with Gasteiger partial charge in [0.2, 0.25) is 0 Å². The van der Waals surface area contributed by atoms with E-state index in [2.05, 4.69) is 20.4 Å². The molecule has 2 N–H and O–H groups in total. The van der Waals surface area contributed by atoms with Crippen LogP contribution in [0.5, 0.6) is 0 Å². The molecule has 2 atom stereocenters. The molecule has 7 nitrogen and oxygen atoms in total. The maximum Gasteiger partial charge on any atom is 0.368 e. The van der Waals surface area contributed by atoms with Crippen molar-refractivity contribution in [3.8, 4) is 0 Å². The van der Waals surface area contributed by atoms with Gasteiger partial charge in [-0.25, -0.2) is 0 Å². The van der Waals surface area contributed by atoms with Crippen LogP contribution in [-0.4, -0.2) is 57.5 Å². The lowest BCUT2D eigenvalue weighted by Gasteiger charge is -2.01. The lowest BCUT2D eigenvalue weighted by atomic mass is 10.0. The second-order valence-electron chi connectivity index (χ2n) is 4.06. The molecule has 0 saturated carbocycles. The van der Waals surface area contributed by atoms with Gasteiger partial charge in [-0.05, 0) is 26.7 Å². The van der Waals surface area contributed by atoms with Gasteiger partial charge in [0.05, 0.1) is 0 Å². The van der Waals surface area contributed by atoms with Crippen LogP contribution in [0.15, 0.2) is 0 Å². The van der Waals surface area contributed by atoms with E-state index in [0.717, 1.165) is 0 Å². The summed E-state index contributed by atoms with van der Waals surface area (Å²) in [6.45, 7) is 5.95. The first-order valence-corrected chi connectivity index (χ1v) is 6.76. The minimum atomic E-state index is -1.02. The normalized spacial score (nSPS) is 11.7. The highest BCUT2D eigenvalue weighted by atomic mass is 27.1. The first kappa shape index (κ1) is 24.8. The van der Waals surface area contributed by atoms with Crippen molar-refractivity contribution in [2.24, 2.45) is 11.8 Å². The summed E-state index contributed by atoms with van der Waals surface area (Å²) in [5.74, 6) is -4.19. The Bertz CT molecular complexity index is 281. The molecule has 21 heavy (non-hydrogen) atoms. The second kappa shape index (κ2) is 15.2. The summed E-state index contributed by atoms with van der Waals surface area (Å²) < 4.78 is 4.17. The summed E-state index contributed by atoms with van der Waals surface area (Å²) >= 11 is 2.08. The fourth-order valence-electron chi connectivity index (χ4n) is 1.27. The summed E-state index contributed by atoms with van der Waals surface area (Å²) in [4.78, 5) is 41.2. The number of carbonyl (C=O) groups is 4. The molecule has 0 amide bonds. The first-order valence-electron chi connectivity index (χ1n) is 6.29. The molecule has 0 aliphatic rings. The molecule has 0 spiro atoms. The second-order valence-corrected chi connectivity index (χ2v) is 4.53. The van der Waals surface area contributed by atoms with Crippen LogP contribution in [0.2, 0.25) is 0 Å². The van der Waals surface area contributed by atoms with Crippen LogP contribution in [0.1, 0.15) is 40.5 Å². The molecule has 0 heterocycles. The van der Waals surface area contributed by atoms with Crippen molar-refractivity contribution < 1.29 is 33.2 Å². The van der Waals surface area contributed by atoms with Crippen LogP contribution in [-0.2, 0) is 23.0 Å². The number of Topliss-reactive ketones (excluding diaryl/α,β-unsaturated/α-hetero) is 2. The van der Waals surface area contributed by atoms with Crippen molar-refractivity contribution in [2.75, 3.05) is 7.11 Å². The molecule has 0 saturated heterocycles. The average molecular weight is 318 g/mol. The summed E-state index contributed by atoms with van der Waals surface area (Å²) in [5.41, 5.74) is 0. The molecule has 0 rings (SSSR count). The Kier molecular flexibility index (Phi) is 17.9. The predicted octanol–water partition coefficient (Wildman–Crippen LogP) is 1.09. The predicted molar refractivity (Wildman–Crippen MR) is 77.0 cm³/mol. The van der Waals surface area contributed by atoms with E-state index in [4.69, 9.17) is 10.2 Å². The smallest absolute Gasteiger partial charge is 0.368 e. The largest absolute Gasteiger partial charge is 0.518 e. The Morgan fingerprint density at radius 3 is 1.10 bits per heavy atom. The van der Waals surface area contributed by atoms with Gasteiger partial charge in [0.1, 0.15) is 23.4 Å². The first-order chi connectivity index (χ1) is 9.60. The van der Waals surface area contributed by atoms with E-state index < -0.39 is 23.8 Å². The molecule has 0 aliphatic heterocycles. The van der Waals surface area contributed by atoms with E-state index in [1.54, 1.807) is 21.0 Å². The van der Waals surface area contributed by atoms with Crippen molar-refractivity contribution in [3.05, 3.63) is 0 Å². The van der Waals surface area contributed by atoms with E-state index in [1.165, 1.54) is 13.8 Å². The van der Waals surface area contributed by atoms with E-state index in [0.29, 0.717) is 12.8 Å². The van der Waals surface area contributed by atoms with Crippen molar-refractivity contribution in [1.29, 1.82) is 0 Å². The van der Waals surface area contributed by atoms with E-state index in [9.17, 15) is 19.2 Å². The number of carboxylic acids is 2. The summed E-state index contributed by atoms with van der Waals surface area (Å²) in [6.07, 6.45) is 0.759. The van der Waals surface area contributed by atoms with Gasteiger partial charge in [0.15, 0.2) is 0 Å².